The van der Waals surface area contributed by atoms with Crippen molar-refractivity contribution in [2.24, 2.45) is 22.7 Å². The molecule has 0 bridgehead atoms. The van der Waals surface area contributed by atoms with Gasteiger partial charge in [0.1, 0.15) is 0 Å². The molecule has 0 aromatic heterocycles. The third-order valence-corrected chi connectivity index (χ3v) is 18.0. The van der Waals surface area contributed by atoms with Crippen molar-refractivity contribution in [2.75, 3.05) is 0 Å². The van der Waals surface area contributed by atoms with E-state index in [-0.39, 0.29) is 35.6 Å². The average Bonchev–Trinajstić information content (AvgIpc) is 3.87. The standard InChI is InChI=1S/2C23H23.2C3H6.2ClH.2Zr/c2*1-15-11-19(23(2,3)4)14-22(15)17-9-10-21-18(13-17)12-16-7-5-6-8-20(16)21;2*1-3-2;;;;/h2*5-11,14-15H,12H2,1-4H3;2*1-2H3;2*1H;;/q;;;;;;2*+1/p-2. The summed E-state index contributed by atoms with van der Waals surface area (Å²) in [6.07, 6.45) is 12.2. The number of hydrogen-bond acceptors (Lipinski definition) is 0. The second-order valence-electron chi connectivity index (χ2n) is 18.5. The molecular weight excluding hydrogens is 878 g/mol. The van der Waals surface area contributed by atoms with Crippen LogP contribution in [0, 0.1) is 22.7 Å². The number of allylic oxidation sites excluding steroid dienone is 8. The largest absolute Gasteiger partial charge is 1.00 e. The van der Waals surface area contributed by atoms with Crippen LogP contribution in [0.25, 0.3) is 33.4 Å². The van der Waals surface area contributed by atoms with Crippen LogP contribution in [-0.2, 0) is 58.3 Å². The third-order valence-electron chi connectivity index (χ3n) is 11.5. The summed E-state index contributed by atoms with van der Waals surface area (Å²) >= 11 is -1.45. The van der Waals surface area contributed by atoms with E-state index in [0.717, 1.165) is 12.8 Å². The Morgan fingerprint density at radius 3 is 1.14 bits per heavy atom. The molecule has 0 fully saturated rings. The minimum Gasteiger partial charge on any atom is -1.00 e. The Labute approximate surface area is 373 Å². The fraction of sp³-hybridized carbons (Fsp3) is 0.346. The van der Waals surface area contributed by atoms with Gasteiger partial charge in [-0.25, -0.2) is 0 Å². The van der Waals surface area contributed by atoms with Gasteiger partial charge in [-0.1, -0.05) is 0 Å². The van der Waals surface area contributed by atoms with Crippen LogP contribution in [0.2, 0.25) is 0 Å². The van der Waals surface area contributed by atoms with Crippen molar-refractivity contribution in [3.8, 4) is 22.3 Å². The number of benzene rings is 4. The predicted molar refractivity (Wildman–Crippen MR) is 231 cm³/mol. The van der Waals surface area contributed by atoms with Crippen molar-refractivity contribution in [1.82, 2.24) is 0 Å². The zero-order valence-electron chi connectivity index (χ0n) is 35.6. The molecule has 4 aromatic rings. The molecule has 0 saturated carbocycles. The van der Waals surface area contributed by atoms with Gasteiger partial charge in [0.25, 0.3) is 0 Å². The van der Waals surface area contributed by atoms with E-state index in [9.17, 15) is 0 Å². The second-order valence-corrected chi connectivity index (χ2v) is 27.1. The second kappa shape index (κ2) is 17.6. The van der Waals surface area contributed by atoms with Crippen molar-refractivity contribution in [3.63, 3.8) is 0 Å². The fourth-order valence-corrected chi connectivity index (χ4v) is 14.8. The molecule has 0 aliphatic heterocycles. The van der Waals surface area contributed by atoms with E-state index in [1.54, 1.807) is 24.1 Å². The van der Waals surface area contributed by atoms with Gasteiger partial charge in [-0.05, 0) is 0 Å². The molecule has 8 rings (SSSR count). The van der Waals surface area contributed by atoms with E-state index in [0.29, 0.717) is 11.8 Å². The monoisotopic (exact) mass is 932 g/mol. The summed E-state index contributed by atoms with van der Waals surface area (Å²) in [6, 6.07) is 27.6. The summed E-state index contributed by atoms with van der Waals surface area (Å²) in [7, 11) is 0. The van der Waals surface area contributed by atoms with Gasteiger partial charge >= 0.3 is 352 Å². The molecule has 0 N–H and O–H groups in total. The first kappa shape index (κ1) is 45.0. The zero-order valence-corrected chi connectivity index (χ0v) is 42.0. The van der Waals surface area contributed by atoms with Gasteiger partial charge in [-0.15, -0.1) is 0 Å². The summed E-state index contributed by atoms with van der Waals surface area (Å²) in [5.41, 5.74) is 21.7. The summed E-state index contributed by atoms with van der Waals surface area (Å²) in [4.78, 5) is 0. The van der Waals surface area contributed by atoms with E-state index in [4.69, 9.17) is 0 Å². The summed E-state index contributed by atoms with van der Waals surface area (Å²) in [6.45, 7) is 28.0. The van der Waals surface area contributed by atoms with Crippen LogP contribution in [0.5, 0.6) is 0 Å². The van der Waals surface area contributed by atoms with E-state index in [2.05, 4.69) is 180 Å². The van der Waals surface area contributed by atoms with Crippen LogP contribution in [0.1, 0.15) is 116 Å². The average molecular weight is 936 g/mol. The molecule has 4 heteroatoms. The maximum atomic E-state index is 2.49. The molecule has 4 aliphatic carbocycles. The van der Waals surface area contributed by atoms with Gasteiger partial charge in [0, 0.05) is 0 Å². The Morgan fingerprint density at radius 1 is 0.482 bits per heavy atom. The summed E-state index contributed by atoms with van der Waals surface area (Å²) in [5, 5.41) is 0. The van der Waals surface area contributed by atoms with E-state index < -0.39 is 45.5 Å². The number of hydrogen-bond donors (Lipinski definition) is 0. The Hall–Kier alpha value is -2.07. The van der Waals surface area contributed by atoms with Gasteiger partial charge in [0.05, 0.1) is 0 Å². The van der Waals surface area contributed by atoms with Crippen LogP contribution in [0.3, 0.4) is 0 Å². The van der Waals surface area contributed by atoms with Crippen LogP contribution >= 0.6 is 0 Å². The summed E-state index contributed by atoms with van der Waals surface area (Å²) < 4.78 is 6.74. The molecule has 4 aromatic carbocycles. The first-order valence-corrected chi connectivity index (χ1v) is 24.9. The smallest absolute Gasteiger partial charge is 1.00 e. The molecule has 0 saturated heterocycles. The minimum atomic E-state index is -0.725. The summed E-state index contributed by atoms with van der Waals surface area (Å²) in [5.74, 6) is 1.02. The SMILES string of the molecule is C[C](C)=[Zr+][c]1c(C2=CC(C(C)(C)C)=CC2C)ccc2c1Cc1ccccc1-2.C[C](C)=[Zr+][c]1c(C2=CC(C(C)(C)C)=CC2C)ccc2c1Cc1ccccc1-2.[Cl-].[Cl-]. The van der Waals surface area contributed by atoms with Crippen LogP contribution in [0.4, 0.5) is 0 Å². The van der Waals surface area contributed by atoms with Gasteiger partial charge in [0.2, 0.25) is 0 Å². The first-order chi connectivity index (χ1) is 25.5. The van der Waals surface area contributed by atoms with Crippen molar-refractivity contribution >= 4 is 24.1 Å². The molecule has 0 amide bonds. The number of rotatable bonds is 4. The van der Waals surface area contributed by atoms with Gasteiger partial charge in [-0.2, -0.15) is 0 Å². The van der Waals surface area contributed by atoms with Crippen LogP contribution in [-0.4, -0.2) is 6.41 Å². The van der Waals surface area contributed by atoms with Crippen molar-refractivity contribution in [3.05, 3.63) is 142 Å². The third kappa shape index (κ3) is 9.06. The van der Waals surface area contributed by atoms with E-state index in [1.165, 1.54) is 66.8 Å². The fourth-order valence-electron chi connectivity index (χ4n) is 8.68. The molecule has 2 atom stereocenters. The maximum Gasteiger partial charge on any atom is -1.00 e. The minimum absolute atomic E-state index is 0. The van der Waals surface area contributed by atoms with Crippen molar-refractivity contribution in [1.29, 1.82) is 0 Å². The Bertz CT molecular complexity index is 2190. The number of fused-ring (bicyclic) bond motifs is 6. The zero-order chi connectivity index (χ0) is 38.7. The Balaban J connectivity index is 0.000000207. The Kier molecular flexibility index (Phi) is 14.2. The molecule has 4 aliphatic rings. The van der Waals surface area contributed by atoms with Gasteiger partial charge in [0.15, 0.2) is 0 Å². The van der Waals surface area contributed by atoms with Gasteiger partial charge in [-0.3, -0.25) is 0 Å². The molecule has 2 unspecified atom stereocenters. The molecule has 0 nitrogen and oxygen atoms in total. The van der Waals surface area contributed by atoms with Gasteiger partial charge < -0.3 is 24.8 Å². The quantitative estimate of drug-likeness (QED) is 0.193. The first-order valence-electron chi connectivity index (χ1n) is 20.0. The molecule has 0 radical (unpaired) electrons. The molecule has 0 spiro atoms. The Morgan fingerprint density at radius 2 is 0.821 bits per heavy atom. The molecule has 56 heavy (non-hydrogen) atoms. The topological polar surface area (TPSA) is 0 Å². The molecule has 0 heterocycles. The van der Waals surface area contributed by atoms with Crippen molar-refractivity contribution in [2.45, 2.75) is 95.9 Å². The normalized spacial score (nSPS) is 17.1. The molecule has 288 valence electrons. The van der Waals surface area contributed by atoms with E-state index >= 15 is 0 Å². The van der Waals surface area contributed by atoms with Crippen LogP contribution in [0.15, 0.2) is 108 Å². The van der Waals surface area contributed by atoms with E-state index in [1.807, 2.05) is 0 Å². The van der Waals surface area contributed by atoms with Crippen molar-refractivity contribution < 1.29 is 70.3 Å². The number of halogens is 2. The van der Waals surface area contributed by atoms with Crippen LogP contribution < -0.4 is 31.4 Å². The predicted octanol–water partition coefficient (Wildman–Crippen LogP) is 6.37. The molecular formula is C52H58Cl2Zr2. The maximum absolute atomic E-state index is 2.49.